The lowest BCUT2D eigenvalue weighted by molar-refractivity contribution is 0.161. The Balaban J connectivity index is 2.15. The second-order valence-corrected chi connectivity index (χ2v) is 4.67. The summed E-state index contributed by atoms with van der Waals surface area (Å²) in [5, 5.41) is 3.49. The molecule has 0 unspecified atom stereocenters. The Hall–Kier alpha value is -0.840. The van der Waals surface area contributed by atoms with E-state index in [4.69, 9.17) is 4.74 Å². The SMILES string of the molecule is CCCn1cccc1CNCCN(C)CCOC. The first-order chi connectivity index (χ1) is 8.77. The maximum Gasteiger partial charge on any atom is 0.0589 e. The molecule has 104 valence electrons. The summed E-state index contributed by atoms with van der Waals surface area (Å²) < 4.78 is 7.38. The highest BCUT2D eigenvalue weighted by Gasteiger charge is 2.00. The van der Waals surface area contributed by atoms with Gasteiger partial charge < -0.3 is 19.5 Å². The third-order valence-electron chi connectivity index (χ3n) is 3.04. The summed E-state index contributed by atoms with van der Waals surface area (Å²) in [7, 11) is 3.87. The maximum atomic E-state index is 5.05. The zero-order valence-corrected chi connectivity index (χ0v) is 12.0. The molecule has 0 amide bonds. The van der Waals surface area contributed by atoms with E-state index in [0.29, 0.717) is 0 Å². The fourth-order valence-electron chi connectivity index (χ4n) is 1.91. The van der Waals surface area contributed by atoms with Crippen molar-refractivity contribution in [2.45, 2.75) is 26.4 Å². The number of hydrogen-bond donors (Lipinski definition) is 1. The highest BCUT2D eigenvalue weighted by Crippen LogP contribution is 2.02. The van der Waals surface area contributed by atoms with Crippen molar-refractivity contribution in [2.75, 3.05) is 40.4 Å². The third kappa shape index (κ3) is 5.67. The number of aryl methyl sites for hydroxylation is 1. The van der Waals surface area contributed by atoms with E-state index in [1.165, 1.54) is 12.1 Å². The van der Waals surface area contributed by atoms with Gasteiger partial charge in [-0.05, 0) is 25.6 Å². The van der Waals surface area contributed by atoms with Gasteiger partial charge in [-0.15, -0.1) is 0 Å². The summed E-state index contributed by atoms with van der Waals surface area (Å²) in [6, 6.07) is 4.31. The number of ether oxygens (including phenoxy) is 1. The van der Waals surface area contributed by atoms with Crippen molar-refractivity contribution >= 4 is 0 Å². The van der Waals surface area contributed by atoms with Crippen LogP contribution in [0, 0.1) is 0 Å². The topological polar surface area (TPSA) is 29.4 Å². The third-order valence-corrected chi connectivity index (χ3v) is 3.04. The predicted molar refractivity (Wildman–Crippen MR) is 75.8 cm³/mol. The molecule has 4 nitrogen and oxygen atoms in total. The average Bonchev–Trinajstić information content (AvgIpc) is 2.80. The lowest BCUT2D eigenvalue weighted by atomic mass is 10.4. The van der Waals surface area contributed by atoms with Gasteiger partial charge in [0.25, 0.3) is 0 Å². The Bertz CT molecular complexity index is 312. The smallest absolute Gasteiger partial charge is 0.0589 e. The number of hydrogen-bond acceptors (Lipinski definition) is 3. The average molecular weight is 253 g/mol. The van der Waals surface area contributed by atoms with Crippen LogP contribution in [0.5, 0.6) is 0 Å². The van der Waals surface area contributed by atoms with Gasteiger partial charge in [-0.2, -0.15) is 0 Å². The molecule has 4 heteroatoms. The molecule has 1 N–H and O–H groups in total. The molecule has 1 heterocycles. The summed E-state index contributed by atoms with van der Waals surface area (Å²) >= 11 is 0. The van der Waals surface area contributed by atoms with Crippen molar-refractivity contribution in [3.63, 3.8) is 0 Å². The number of rotatable bonds is 10. The summed E-state index contributed by atoms with van der Waals surface area (Å²) in [6.07, 6.45) is 3.34. The van der Waals surface area contributed by atoms with Crippen molar-refractivity contribution < 1.29 is 4.74 Å². The van der Waals surface area contributed by atoms with Crippen LogP contribution < -0.4 is 5.32 Å². The van der Waals surface area contributed by atoms with Crippen LogP contribution in [-0.2, 0) is 17.8 Å². The van der Waals surface area contributed by atoms with E-state index in [1.807, 2.05) is 0 Å². The molecule has 0 radical (unpaired) electrons. The predicted octanol–water partition coefficient (Wildman–Crippen LogP) is 1.57. The molecule has 0 aromatic carbocycles. The largest absolute Gasteiger partial charge is 0.383 e. The van der Waals surface area contributed by atoms with Gasteiger partial charge in [0.05, 0.1) is 6.61 Å². The van der Waals surface area contributed by atoms with Gasteiger partial charge in [0, 0.05) is 51.7 Å². The molecule has 0 aliphatic carbocycles. The van der Waals surface area contributed by atoms with E-state index in [1.54, 1.807) is 7.11 Å². The summed E-state index contributed by atoms with van der Waals surface area (Å²) in [5.41, 5.74) is 1.37. The molecule has 1 rings (SSSR count). The van der Waals surface area contributed by atoms with Gasteiger partial charge in [0.1, 0.15) is 0 Å². The van der Waals surface area contributed by atoms with Crippen LogP contribution in [-0.4, -0.2) is 49.9 Å². The minimum absolute atomic E-state index is 0.801. The summed E-state index contributed by atoms with van der Waals surface area (Å²) in [5.74, 6) is 0. The monoisotopic (exact) mass is 253 g/mol. The molecular weight excluding hydrogens is 226 g/mol. The van der Waals surface area contributed by atoms with Crippen LogP contribution in [0.3, 0.4) is 0 Å². The minimum atomic E-state index is 0.801. The van der Waals surface area contributed by atoms with Crippen LogP contribution >= 0.6 is 0 Å². The first kappa shape index (κ1) is 15.2. The number of nitrogens with zero attached hydrogens (tertiary/aromatic N) is 2. The molecule has 1 aromatic heterocycles. The van der Waals surface area contributed by atoms with Gasteiger partial charge in [-0.1, -0.05) is 6.92 Å². The molecule has 0 aliphatic rings. The zero-order chi connectivity index (χ0) is 13.2. The summed E-state index contributed by atoms with van der Waals surface area (Å²) in [4.78, 5) is 2.28. The van der Waals surface area contributed by atoms with Crippen molar-refractivity contribution in [1.29, 1.82) is 0 Å². The normalized spacial score (nSPS) is 11.3. The molecule has 0 spiro atoms. The van der Waals surface area contributed by atoms with E-state index in [9.17, 15) is 0 Å². The minimum Gasteiger partial charge on any atom is -0.383 e. The fourth-order valence-corrected chi connectivity index (χ4v) is 1.91. The second-order valence-electron chi connectivity index (χ2n) is 4.67. The molecule has 0 atom stereocenters. The zero-order valence-electron chi connectivity index (χ0n) is 12.0. The lowest BCUT2D eigenvalue weighted by Crippen LogP contribution is -2.31. The Morgan fingerprint density at radius 1 is 1.39 bits per heavy atom. The maximum absolute atomic E-state index is 5.05. The molecule has 18 heavy (non-hydrogen) atoms. The van der Waals surface area contributed by atoms with Gasteiger partial charge in [-0.3, -0.25) is 0 Å². The molecule has 1 aromatic rings. The van der Waals surface area contributed by atoms with Gasteiger partial charge in [0.2, 0.25) is 0 Å². The Morgan fingerprint density at radius 2 is 2.22 bits per heavy atom. The van der Waals surface area contributed by atoms with Crippen molar-refractivity contribution in [3.05, 3.63) is 24.0 Å². The second kappa shape index (κ2) is 9.14. The van der Waals surface area contributed by atoms with Gasteiger partial charge >= 0.3 is 0 Å². The molecule has 0 bridgehead atoms. The van der Waals surface area contributed by atoms with Crippen LogP contribution in [0.4, 0.5) is 0 Å². The number of nitrogens with one attached hydrogen (secondary N) is 1. The first-order valence-electron chi connectivity index (χ1n) is 6.80. The number of aromatic nitrogens is 1. The van der Waals surface area contributed by atoms with Crippen LogP contribution in [0.15, 0.2) is 18.3 Å². The quantitative estimate of drug-likeness (QED) is 0.642. The van der Waals surface area contributed by atoms with E-state index in [2.05, 4.69) is 47.1 Å². The highest BCUT2D eigenvalue weighted by molar-refractivity contribution is 5.06. The Morgan fingerprint density at radius 3 is 2.94 bits per heavy atom. The number of methoxy groups -OCH3 is 1. The fraction of sp³-hybridized carbons (Fsp3) is 0.714. The molecule has 0 saturated carbocycles. The van der Waals surface area contributed by atoms with Gasteiger partial charge in [-0.25, -0.2) is 0 Å². The Labute approximate surface area is 111 Å². The van der Waals surface area contributed by atoms with Crippen LogP contribution in [0.1, 0.15) is 19.0 Å². The van der Waals surface area contributed by atoms with E-state index in [0.717, 1.165) is 39.3 Å². The molecule has 0 fully saturated rings. The lowest BCUT2D eigenvalue weighted by Gasteiger charge is -2.16. The first-order valence-corrected chi connectivity index (χ1v) is 6.80. The molecule has 0 aliphatic heterocycles. The number of likely N-dealkylation sites (N-methyl/N-ethyl adjacent to an activating group) is 1. The molecular formula is C14H27N3O. The van der Waals surface area contributed by atoms with E-state index < -0.39 is 0 Å². The Kier molecular flexibility index (Phi) is 7.73. The van der Waals surface area contributed by atoms with E-state index in [-0.39, 0.29) is 0 Å². The van der Waals surface area contributed by atoms with Crippen molar-refractivity contribution in [1.82, 2.24) is 14.8 Å². The van der Waals surface area contributed by atoms with Crippen molar-refractivity contribution in [2.24, 2.45) is 0 Å². The van der Waals surface area contributed by atoms with Crippen LogP contribution in [0.25, 0.3) is 0 Å². The van der Waals surface area contributed by atoms with E-state index >= 15 is 0 Å². The highest BCUT2D eigenvalue weighted by atomic mass is 16.5. The standard InChI is InChI=1S/C14H27N3O/c1-4-8-17-9-5-6-14(17)13-15-7-10-16(2)11-12-18-3/h5-6,9,15H,4,7-8,10-13H2,1-3H3. The van der Waals surface area contributed by atoms with Gasteiger partial charge in [0.15, 0.2) is 0 Å². The summed E-state index contributed by atoms with van der Waals surface area (Å²) in [6.45, 7) is 8.13. The molecule has 0 saturated heterocycles. The van der Waals surface area contributed by atoms with Crippen LogP contribution in [0.2, 0.25) is 0 Å². The van der Waals surface area contributed by atoms with Crippen molar-refractivity contribution in [3.8, 4) is 0 Å².